The molecule has 1 fully saturated rings. The Hall–Kier alpha value is -2.66. The number of Topliss-reactive ketones (excluding diaryl/α,β-unsaturated/α-hetero) is 1. The Morgan fingerprint density at radius 1 is 0.926 bits per heavy atom. The van der Waals surface area contributed by atoms with Crippen LogP contribution in [0.4, 0.5) is 0 Å². The first-order valence-corrected chi connectivity index (χ1v) is 9.31. The Morgan fingerprint density at radius 2 is 1.63 bits per heavy atom. The second kappa shape index (κ2) is 8.82. The van der Waals surface area contributed by atoms with E-state index < -0.39 is 0 Å². The number of piperazine rings is 1. The molecular weight excluding hydrogens is 340 g/mol. The minimum Gasteiger partial charge on any atom is -0.484 e. The van der Waals surface area contributed by atoms with Crippen LogP contribution >= 0.6 is 0 Å². The van der Waals surface area contributed by atoms with Crippen molar-refractivity contribution < 1.29 is 14.3 Å². The molecule has 1 heterocycles. The summed E-state index contributed by atoms with van der Waals surface area (Å²) in [5.74, 6) is 0.813. The molecule has 2 aromatic rings. The highest BCUT2D eigenvalue weighted by Gasteiger charge is 2.23. The lowest BCUT2D eigenvalue weighted by Crippen LogP contribution is -2.51. The maximum atomic E-state index is 12.5. The number of ketones is 1. The molecule has 3 rings (SSSR count). The van der Waals surface area contributed by atoms with Crippen molar-refractivity contribution in [2.24, 2.45) is 0 Å². The van der Waals surface area contributed by atoms with Crippen molar-refractivity contribution in [1.29, 1.82) is 0 Å². The van der Waals surface area contributed by atoms with E-state index in [1.54, 1.807) is 4.90 Å². The summed E-state index contributed by atoms with van der Waals surface area (Å²) in [5, 5.41) is 0. The highest BCUT2D eigenvalue weighted by molar-refractivity contribution is 5.97. The van der Waals surface area contributed by atoms with Crippen molar-refractivity contribution in [3.63, 3.8) is 0 Å². The van der Waals surface area contributed by atoms with Crippen molar-refractivity contribution in [2.45, 2.75) is 13.8 Å². The topological polar surface area (TPSA) is 49.9 Å². The van der Waals surface area contributed by atoms with Crippen LogP contribution in [-0.2, 0) is 4.79 Å². The van der Waals surface area contributed by atoms with Gasteiger partial charge in [-0.1, -0.05) is 30.3 Å². The van der Waals surface area contributed by atoms with Crippen LogP contribution < -0.4 is 4.74 Å². The van der Waals surface area contributed by atoms with E-state index in [0.29, 0.717) is 38.5 Å². The third-order valence-electron chi connectivity index (χ3n) is 5.03. The summed E-state index contributed by atoms with van der Waals surface area (Å²) < 4.78 is 5.53. The maximum Gasteiger partial charge on any atom is 0.260 e. The van der Waals surface area contributed by atoms with E-state index in [1.807, 2.05) is 62.4 Å². The van der Waals surface area contributed by atoms with Gasteiger partial charge in [-0.3, -0.25) is 14.5 Å². The molecule has 0 atom stereocenters. The van der Waals surface area contributed by atoms with Crippen LogP contribution in [0.5, 0.6) is 5.75 Å². The normalized spacial score (nSPS) is 14.8. The molecule has 0 radical (unpaired) electrons. The van der Waals surface area contributed by atoms with E-state index in [4.69, 9.17) is 4.74 Å². The standard InChI is InChI=1S/C22H26N2O3/c1-17-8-9-19(14-18(17)2)21(25)15-23-10-12-24(13-11-23)22(26)16-27-20-6-4-3-5-7-20/h3-9,14H,10-13,15-16H2,1-2H3. The molecule has 0 bridgehead atoms. The van der Waals surface area contributed by atoms with E-state index in [9.17, 15) is 9.59 Å². The van der Waals surface area contributed by atoms with Crippen molar-refractivity contribution in [3.8, 4) is 5.75 Å². The lowest BCUT2D eigenvalue weighted by atomic mass is 10.0. The molecular formula is C22H26N2O3. The van der Waals surface area contributed by atoms with E-state index in [1.165, 1.54) is 5.56 Å². The Kier molecular flexibility index (Phi) is 6.24. The van der Waals surface area contributed by atoms with Crippen LogP contribution in [0, 0.1) is 13.8 Å². The van der Waals surface area contributed by atoms with Crippen molar-refractivity contribution in [1.82, 2.24) is 9.80 Å². The lowest BCUT2D eigenvalue weighted by molar-refractivity contribution is -0.135. The number of hydrogen-bond donors (Lipinski definition) is 0. The van der Waals surface area contributed by atoms with Crippen LogP contribution in [0.25, 0.3) is 0 Å². The summed E-state index contributed by atoms with van der Waals surface area (Å²) in [6, 6.07) is 15.2. The Balaban J connectivity index is 1.44. The van der Waals surface area contributed by atoms with Crippen molar-refractivity contribution >= 4 is 11.7 Å². The molecule has 0 saturated carbocycles. The lowest BCUT2D eigenvalue weighted by Gasteiger charge is -2.34. The zero-order valence-corrected chi connectivity index (χ0v) is 16.0. The van der Waals surface area contributed by atoms with Gasteiger partial charge in [0.25, 0.3) is 5.91 Å². The number of amides is 1. The number of rotatable bonds is 6. The molecule has 1 amide bonds. The van der Waals surface area contributed by atoms with Gasteiger partial charge in [-0.15, -0.1) is 0 Å². The summed E-state index contributed by atoms with van der Waals surface area (Å²) in [6.07, 6.45) is 0. The fraction of sp³-hybridized carbons (Fsp3) is 0.364. The minimum absolute atomic E-state index is 0.0148. The summed E-state index contributed by atoms with van der Waals surface area (Å²) >= 11 is 0. The molecule has 0 N–H and O–H groups in total. The summed E-state index contributed by atoms with van der Waals surface area (Å²) in [7, 11) is 0. The largest absolute Gasteiger partial charge is 0.484 e. The minimum atomic E-state index is -0.0148. The number of carbonyl (C=O) groups is 2. The number of benzene rings is 2. The molecule has 0 aromatic heterocycles. The first kappa shape index (κ1) is 19.1. The van der Waals surface area contributed by atoms with Crippen molar-refractivity contribution in [3.05, 3.63) is 65.2 Å². The van der Waals surface area contributed by atoms with Gasteiger partial charge in [-0.25, -0.2) is 0 Å². The van der Waals surface area contributed by atoms with Crippen LogP contribution in [0.3, 0.4) is 0 Å². The van der Waals surface area contributed by atoms with Crippen molar-refractivity contribution in [2.75, 3.05) is 39.3 Å². The van der Waals surface area contributed by atoms with Gasteiger partial charge in [0.2, 0.25) is 0 Å². The van der Waals surface area contributed by atoms with Crippen LogP contribution in [0.15, 0.2) is 48.5 Å². The quantitative estimate of drug-likeness (QED) is 0.738. The number of hydrogen-bond acceptors (Lipinski definition) is 4. The third-order valence-corrected chi connectivity index (χ3v) is 5.03. The summed E-state index contributed by atoms with van der Waals surface area (Å²) in [4.78, 5) is 28.7. The molecule has 0 unspecified atom stereocenters. The van der Waals surface area contributed by atoms with Gasteiger partial charge >= 0.3 is 0 Å². The fourth-order valence-corrected chi connectivity index (χ4v) is 3.12. The SMILES string of the molecule is Cc1ccc(C(=O)CN2CCN(C(=O)COc3ccccc3)CC2)cc1C. The molecule has 2 aromatic carbocycles. The highest BCUT2D eigenvalue weighted by Crippen LogP contribution is 2.12. The summed E-state index contributed by atoms with van der Waals surface area (Å²) in [5.41, 5.74) is 3.08. The Morgan fingerprint density at radius 3 is 2.30 bits per heavy atom. The van der Waals surface area contributed by atoms with Gasteiger partial charge < -0.3 is 9.64 Å². The smallest absolute Gasteiger partial charge is 0.260 e. The molecule has 0 spiro atoms. The number of nitrogens with zero attached hydrogens (tertiary/aromatic N) is 2. The number of ether oxygens (including phenoxy) is 1. The molecule has 142 valence electrons. The molecule has 27 heavy (non-hydrogen) atoms. The Labute approximate surface area is 160 Å². The zero-order chi connectivity index (χ0) is 19.2. The maximum absolute atomic E-state index is 12.5. The zero-order valence-electron chi connectivity index (χ0n) is 16.0. The number of para-hydroxylation sites is 1. The van der Waals surface area contributed by atoms with Gasteiger partial charge in [-0.05, 0) is 43.2 Å². The van der Waals surface area contributed by atoms with Gasteiger partial charge in [0.1, 0.15) is 5.75 Å². The molecule has 1 saturated heterocycles. The molecule has 5 nitrogen and oxygen atoms in total. The van der Waals surface area contributed by atoms with Gasteiger partial charge in [-0.2, -0.15) is 0 Å². The predicted molar refractivity (Wildman–Crippen MR) is 105 cm³/mol. The average Bonchev–Trinajstić information content (AvgIpc) is 2.69. The highest BCUT2D eigenvalue weighted by atomic mass is 16.5. The molecule has 0 aliphatic carbocycles. The first-order valence-electron chi connectivity index (χ1n) is 9.31. The monoisotopic (exact) mass is 366 g/mol. The van der Waals surface area contributed by atoms with Gasteiger partial charge in [0.15, 0.2) is 12.4 Å². The Bertz CT molecular complexity index is 796. The van der Waals surface area contributed by atoms with E-state index in [0.717, 1.165) is 11.1 Å². The second-order valence-electron chi connectivity index (χ2n) is 6.98. The number of aryl methyl sites for hydroxylation is 2. The average molecular weight is 366 g/mol. The van der Waals surface area contributed by atoms with E-state index >= 15 is 0 Å². The van der Waals surface area contributed by atoms with E-state index in [-0.39, 0.29) is 18.3 Å². The predicted octanol–water partition coefficient (Wildman–Crippen LogP) is 2.71. The molecule has 1 aliphatic rings. The number of carbonyl (C=O) groups excluding carboxylic acids is 2. The first-order chi connectivity index (χ1) is 13.0. The van der Waals surface area contributed by atoms with Crippen LogP contribution in [0.1, 0.15) is 21.5 Å². The molecule has 1 aliphatic heterocycles. The van der Waals surface area contributed by atoms with Gasteiger partial charge in [0, 0.05) is 31.7 Å². The van der Waals surface area contributed by atoms with Gasteiger partial charge in [0.05, 0.1) is 6.54 Å². The second-order valence-corrected chi connectivity index (χ2v) is 6.98. The fourth-order valence-electron chi connectivity index (χ4n) is 3.12. The third kappa shape index (κ3) is 5.17. The van der Waals surface area contributed by atoms with Crippen LogP contribution in [-0.4, -0.2) is 60.8 Å². The van der Waals surface area contributed by atoms with E-state index in [2.05, 4.69) is 4.90 Å². The summed E-state index contributed by atoms with van der Waals surface area (Å²) in [6.45, 7) is 7.15. The molecule has 5 heteroatoms. The van der Waals surface area contributed by atoms with Crippen LogP contribution in [0.2, 0.25) is 0 Å².